The minimum atomic E-state index is -0.0697. The molecule has 0 saturated heterocycles. The summed E-state index contributed by atoms with van der Waals surface area (Å²) in [5.41, 5.74) is 13.8. The average molecular weight is 302 g/mol. The summed E-state index contributed by atoms with van der Waals surface area (Å²) in [5, 5.41) is 3.77. The summed E-state index contributed by atoms with van der Waals surface area (Å²) >= 11 is 0. The molecule has 0 spiro atoms. The highest BCUT2D eigenvalue weighted by atomic mass is 16.5. The van der Waals surface area contributed by atoms with E-state index in [9.17, 15) is 0 Å². The van der Waals surface area contributed by atoms with Crippen LogP contribution in [0.25, 0.3) is 10.4 Å². The molecule has 0 aromatic carbocycles. The quantitative estimate of drug-likeness (QED) is 0.205. The predicted octanol–water partition coefficient (Wildman–Crippen LogP) is 2.64. The van der Waals surface area contributed by atoms with Gasteiger partial charge in [0.25, 0.3) is 0 Å². The Morgan fingerprint density at radius 3 is 2.29 bits per heavy atom. The van der Waals surface area contributed by atoms with Gasteiger partial charge >= 0.3 is 0 Å². The molecule has 7 nitrogen and oxygen atoms in total. The zero-order chi connectivity index (χ0) is 15.6. The lowest BCUT2D eigenvalue weighted by Crippen LogP contribution is -2.17. The van der Waals surface area contributed by atoms with Crippen LogP contribution in [0.3, 0.4) is 0 Å². The highest BCUT2D eigenvalue weighted by Crippen LogP contribution is 2.09. The molecule has 0 aromatic heterocycles. The number of hydrogen-bond donors (Lipinski definition) is 1. The van der Waals surface area contributed by atoms with Crippen LogP contribution in [0.4, 0.5) is 0 Å². The summed E-state index contributed by atoms with van der Waals surface area (Å²) in [6, 6.07) is -0.0697. The Balaban J connectivity index is 3.45. The number of azide groups is 1. The Morgan fingerprint density at radius 1 is 1.00 bits per heavy atom. The van der Waals surface area contributed by atoms with Crippen molar-refractivity contribution in [1.82, 2.24) is 0 Å². The molecule has 0 amide bonds. The standard InChI is InChI=1S/C14H30N4O3/c1-2-3-4-5-6-14(17-18-16)13-21-12-11-20-10-9-19-8-7-15/h14H,2-13,15H2,1H3. The lowest BCUT2D eigenvalue weighted by atomic mass is 10.1. The minimum Gasteiger partial charge on any atom is -0.379 e. The fraction of sp³-hybridized carbons (Fsp3) is 1.00. The van der Waals surface area contributed by atoms with E-state index in [0.29, 0.717) is 46.2 Å². The second-order valence-electron chi connectivity index (χ2n) is 4.80. The summed E-state index contributed by atoms with van der Waals surface area (Å²) in [6.07, 6.45) is 5.58. The molecule has 0 aliphatic carbocycles. The van der Waals surface area contributed by atoms with Crippen molar-refractivity contribution < 1.29 is 14.2 Å². The first-order chi connectivity index (χ1) is 10.3. The Hall–Kier alpha value is -0.850. The maximum atomic E-state index is 8.54. The zero-order valence-corrected chi connectivity index (χ0v) is 13.2. The van der Waals surface area contributed by atoms with E-state index >= 15 is 0 Å². The van der Waals surface area contributed by atoms with Crippen molar-refractivity contribution in [2.45, 2.75) is 45.1 Å². The Kier molecular flexibility index (Phi) is 16.5. The van der Waals surface area contributed by atoms with E-state index in [2.05, 4.69) is 16.9 Å². The normalized spacial score (nSPS) is 12.1. The maximum absolute atomic E-state index is 8.54. The molecular formula is C14H30N4O3. The second-order valence-corrected chi connectivity index (χ2v) is 4.80. The van der Waals surface area contributed by atoms with Gasteiger partial charge in [-0.15, -0.1) is 0 Å². The third kappa shape index (κ3) is 15.4. The molecule has 7 heteroatoms. The van der Waals surface area contributed by atoms with Gasteiger partial charge in [-0.05, 0) is 12.0 Å². The Morgan fingerprint density at radius 2 is 1.67 bits per heavy atom. The number of ether oxygens (including phenoxy) is 3. The molecule has 21 heavy (non-hydrogen) atoms. The number of nitrogens with zero attached hydrogens (tertiary/aromatic N) is 3. The number of hydrogen-bond acceptors (Lipinski definition) is 5. The van der Waals surface area contributed by atoms with Gasteiger partial charge in [0.1, 0.15) is 0 Å². The summed E-state index contributed by atoms with van der Waals surface area (Å²) in [6.45, 7) is 5.84. The van der Waals surface area contributed by atoms with E-state index < -0.39 is 0 Å². The molecule has 1 unspecified atom stereocenters. The van der Waals surface area contributed by atoms with E-state index in [4.69, 9.17) is 25.5 Å². The van der Waals surface area contributed by atoms with Crippen molar-refractivity contribution in [3.05, 3.63) is 10.4 Å². The summed E-state index contributed by atoms with van der Waals surface area (Å²) in [7, 11) is 0. The smallest absolute Gasteiger partial charge is 0.0701 e. The highest BCUT2D eigenvalue weighted by Gasteiger charge is 2.06. The van der Waals surface area contributed by atoms with Crippen LogP contribution in [-0.4, -0.2) is 52.2 Å². The molecule has 0 aliphatic rings. The van der Waals surface area contributed by atoms with Gasteiger partial charge in [-0.2, -0.15) is 0 Å². The molecule has 0 heterocycles. The lowest BCUT2D eigenvalue weighted by molar-refractivity contribution is 0.0130. The number of nitrogens with two attached hydrogens (primary N) is 1. The van der Waals surface area contributed by atoms with Crippen molar-refractivity contribution in [2.24, 2.45) is 10.8 Å². The Bertz CT molecular complexity index is 261. The van der Waals surface area contributed by atoms with E-state index in [-0.39, 0.29) is 6.04 Å². The first-order valence-electron chi connectivity index (χ1n) is 7.82. The third-order valence-electron chi connectivity index (χ3n) is 2.92. The van der Waals surface area contributed by atoms with Gasteiger partial charge in [0.15, 0.2) is 0 Å². The number of unbranched alkanes of at least 4 members (excludes halogenated alkanes) is 3. The van der Waals surface area contributed by atoms with Crippen LogP contribution in [-0.2, 0) is 14.2 Å². The van der Waals surface area contributed by atoms with Gasteiger partial charge in [-0.1, -0.05) is 37.7 Å². The van der Waals surface area contributed by atoms with E-state index in [0.717, 1.165) is 12.8 Å². The van der Waals surface area contributed by atoms with E-state index in [1.807, 2.05) is 0 Å². The van der Waals surface area contributed by atoms with E-state index in [1.165, 1.54) is 19.3 Å². The molecule has 0 saturated carbocycles. The SMILES string of the molecule is CCCCCCC(COCCOCCOCCN)N=[N+]=[N-]. The van der Waals surface area contributed by atoms with Crippen molar-refractivity contribution in [3.8, 4) is 0 Å². The van der Waals surface area contributed by atoms with Gasteiger partial charge in [0.05, 0.1) is 45.7 Å². The molecule has 0 bridgehead atoms. The first kappa shape index (κ1) is 20.1. The maximum Gasteiger partial charge on any atom is 0.0701 e. The molecule has 0 rings (SSSR count). The molecule has 2 N–H and O–H groups in total. The van der Waals surface area contributed by atoms with Gasteiger partial charge in [-0.3, -0.25) is 0 Å². The average Bonchev–Trinajstić information content (AvgIpc) is 2.49. The van der Waals surface area contributed by atoms with E-state index in [1.54, 1.807) is 0 Å². The van der Waals surface area contributed by atoms with Crippen LogP contribution in [0.5, 0.6) is 0 Å². The van der Waals surface area contributed by atoms with Crippen molar-refractivity contribution in [3.63, 3.8) is 0 Å². The summed E-state index contributed by atoms with van der Waals surface area (Å²) in [5.74, 6) is 0. The third-order valence-corrected chi connectivity index (χ3v) is 2.92. The van der Waals surface area contributed by atoms with Crippen LogP contribution < -0.4 is 5.73 Å². The highest BCUT2D eigenvalue weighted by molar-refractivity contribution is 4.66. The molecule has 1 atom stereocenters. The van der Waals surface area contributed by atoms with Crippen LogP contribution in [0.15, 0.2) is 5.11 Å². The summed E-state index contributed by atoms with van der Waals surface area (Å²) < 4.78 is 16.0. The molecule has 0 aliphatic heterocycles. The Labute approximate surface area is 127 Å². The van der Waals surface area contributed by atoms with Crippen LogP contribution in [0, 0.1) is 0 Å². The number of rotatable bonds is 16. The minimum absolute atomic E-state index is 0.0697. The second kappa shape index (κ2) is 17.2. The van der Waals surface area contributed by atoms with Gasteiger partial charge < -0.3 is 19.9 Å². The largest absolute Gasteiger partial charge is 0.379 e. The molecule has 0 radical (unpaired) electrons. The molecule has 124 valence electrons. The van der Waals surface area contributed by atoms with Crippen LogP contribution in [0.2, 0.25) is 0 Å². The molecule has 0 fully saturated rings. The lowest BCUT2D eigenvalue weighted by Gasteiger charge is -2.12. The van der Waals surface area contributed by atoms with Crippen molar-refractivity contribution >= 4 is 0 Å². The van der Waals surface area contributed by atoms with Gasteiger partial charge in [0.2, 0.25) is 0 Å². The predicted molar refractivity (Wildman–Crippen MR) is 83.2 cm³/mol. The molecular weight excluding hydrogens is 272 g/mol. The fourth-order valence-electron chi connectivity index (χ4n) is 1.80. The topological polar surface area (TPSA) is 102 Å². The van der Waals surface area contributed by atoms with Crippen molar-refractivity contribution in [2.75, 3.05) is 46.2 Å². The van der Waals surface area contributed by atoms with Gasteiger partial charge in [0, 0.05) is 11.5 Å². The van der Waals surface area contributed by atoms with Crippen LogP contribution in [0.1, 0.15) is 39.0 Å². The zero-order valence-electron chi connectivity index (χ0n) is 13.2. The molecule has 0 aromatic rings. The fourth-order valence-corrected chi connectivity index (χ4v) is 1.80. The monoisotopic (exact) mass is 302 g/mol. The summed E-state index contributed by atoms with van der Waals surface area (Å²) in [4.78, 5) is 2.88. The van der Waals surface area contributed by atoms with Crippen LogP contribution >= 0.6 is 0 Å². The van der Waals surface area contributed by atoms with Gasteiger partial charge in [-0.25, -0.2) is 0 Å². The van der Waals surface area contributed by atoms with Crippen molar-refractivity contribution in [1.29, 1.82) is 0 Å². The first-order valence-corrected chi connectivity index (χ1v) is 7.82.